The summed E-state index contributed by atoms with van der Waals surface area (Å²) in [5.74, 6) is -7.30. The van der Waals surface area contributed by atoms with E-state index in [1.165, 1.54) is 0 Å². The normalized spacial score (nSPS) is 6.29. The average Bonchev–Trinajstić information content (AvgIpc) is 1.88. The third-order valence-electron chi connectivity index (χ3n) is 0.366. The van der Waals surface area contributed by atoms with Crippen LogP contribution >= 0.6 is 9.90 Å². The number of carboxylic acids is 4. The van der Waals surface area contributed by atoms with Gasteiger partial charge in [-0.2, -0.15) is 9.90 Å². The molecule has 0 spiro atoms. The van der Waals surface area contributed by atoms with E-state index >= 15 is 0 Å². The number of hydrogen-bond donors (Lipinski definition) is 5. The molecule has 1 unspecified atom stereocenters. The van der Waals surface area contributed by atoms with Crippen LogP contribution in [-0.2, 0) is 19.2 Å². The van der Waals surface area contributed by atoms with E-state index in [9.17, 15) is 0 Å². The largest absolute Gasteiger partial charge is 0.473 e. The molecule has 0 aliphatic rings. The smallest absolute Gasteiger partial charge is 0.414 e. The molecular weight excluding hydrogens is 221 g/mol. The summed E-state index contributed by atoms with van der Waals surface area (Å²) in [5.41, 5.74) is 0. The molecule has 7 N–H and O–H groups in total. The maximum Gasteiger partial charge on any atom is 0.414 e. The predicted octanol–water partition coefficient (Wildman–Crippen LogP) is -1.47. The molecule has 0 amide bonds. The number of rotatable bonds is 0. The van der Waals surface area contributed by atoms with E-state index in [4.69, 9.17) is 39.6 Å². The van der Waals surface area contributed by atoms with Gasteiger partial charge in [0.1, 0.15) is 0 Å². The van der Waals surface area contributed by atoms with Crippen LogP contribution in [0.5, 0.6) is 0 Å². The van der Waals surface area contributed by atoms with E-state index in [2.05, 4.69) is 0 Å². The van der Waals surface area contributed by atoms with Gasteiger partial charge in [0.25, 0.3) is 0 Å². The van der Waals surface area contributed by atoms with E-state index in [1.54, 1.807) is 0 Å². The molecule has 0 saturated heterocycles. The molecule has 84 valence electrons. The van der Waals surface area contributed by atoms with Crippen molar-refractivity contribution in [3.63, 3.8) is 0 Å². The molecule has 0 rings (SSSR count). The Balaban J connectivity index is -0.0000000625. The van der Waals surface area contributed by atoms with Gasteiger partial charge in [0, 0.05) is 0 Å². The van der Waals surface area contributed by atoms with E-state index in [1.807, 2.05) is 0 Å². The maximum absolute atomic E-state index is 9.10. The molecule has 0 aliphatic heterocycles. The molecule has 10 heteroatoms. The Hall–Kier alpha value is -1.73. The predicted molar refractivity (Wildman–Crippen MR) is 46.7 cm³/mol. The fourth-order valence-corrected chi connectivity index (χ4v) is 0. The molecular formula is C4H10NO8P. The van der Waals surface area contributed by atoms with E-state index in [-0.39, 0.29) is 16.0 Å². The first-order chi connectivity index (χ1) is 5.29. The van der Waals surface area contributed by atoms with Crippen LogP contribution in [0, 0.1) is 0 Å². The van der Waals surface area contributed by atoms with Crippen LogP contribution in [0.15, 0.2) is 0 Å². The Morgan fingerprint density at radius 3 is 0.643 bits per heavy atom. The van der Waals surface area contributed by atoms with Crippen LogP contribution < -0.4 is 6.15 Å². The molecule has 14 heavy (non-hydrogen) atoms. The number of hydrogen-bond acceptors (Lipinski definition) is 5. The molecule has 0 heterocycles. The maximum atomic E-state index is 9.10. The minimum absolute atomic E-state index is 0. The standard InChI is InChI=1S/2C2H2O4.H3N.H3P/c2*3-1(4)2(5)6;;/h2*(H,3,4)(H,5,6);2*1H3. The van der Waals surface area contributed by atoms with Gasteiger partial charge in [-0.3, -0.25) is 0 Å². The van der Waals surface area contributed by atoms with Crippen LogP contribution in [-0.4, -0.2) is 44.3 Å². The molecule has 0 fully saturated rings. The van der Waals surface area contributed by atoms with Gasteiger partial charge in [-0.25, -0.2) is 19.2 Å². The van der Waals surface area contributed by atoms with Gasteiger partial charge in [0.2, 0.25) is 0 Å². The number of carboxylic acid groups (broad SMARTS) is 4. The van der Waals surface area contributed by atoms with Crippen molar-refractivity contribution in [1.29, 1.82) is 0 Å². The van der Waals surface area contributed by atoms with Crippen LogP contribution in [0.2, 0.25) is 0 Å². The first kappa shape index (κ1) is 22.8. The van der Waals surface area contributed by atoms with Crippen LogP contribution in [0.3, 0.4) is 0 Å². The van der Waals surface area contributed by atoms with Gasteiger partial charge in [-0.05, 0) is 0 Å². The summed E-state index contributed by atoms with van der Waals surface area (Å²) in [7, 11) is 0. The van der Waals surface area contributed by atoms with Gasteiger partial charge >= 0.3 is 23.9 Å². The number of aliphatic carboxylic acids is 4. The second kappa shape index (κ2) is 11.3. The van der Waals surface area contributed by atoms with Crippen molar-refractivity contribution in [2.24, 2.45) is 0 Å². The Bertz CT molecular complexity index is 177. The number of carbonyl (C=O) groups is 4. The van der Waals surface area contributed by atoms with Crippen LogP contribution in [0.1, 0.15) is 0 Å². The van der Waals surface area contributed by atoms with Crippen molar-refractivity contribution < 1.29 is 39.6 Å². The molecule has 0 radical (unpaired) electrons. The van der Waals surface area contributed by atoms with Crippen molar-refractivity contribution in [3.05, 3.63) is 0 Å². The second-order valence-electron chi connectivity index (χ2n) is 1.22. The summed E-state index contributed by atoms with van der Waals surface area (Å²) in [6.07, 6.45) is 0. The van der Waals surface area contributed by atoms with Crippen LogP contribution in [0.4, 0.5) is 0 Å². The van der Waals surface area contributed by atoms with Gasteiger partial charge in [-0.15, -0.1) is 0 Å². The first-order valence-corrected chi connectivity index (χ1v) is 2.21. The van der Waals surface area contributed by atoms with E-state index in [0.29, 0.717) is 0 Å². The quantitative estimate of drug-likeness (QED) is 0.245. The SMILES string of the molecule is N.O=C(O)C(=O)O.O=C(O)C(=O)O.P. The molecule has 1 atom stereocenters. The monoisotopic (exact) mass is 231 g/mol. The summed E-state index contributed by atoms with van der Waals surface area (Å²) in [4.78, 5) is 36.4. The Kier molecular flexibility index (Phi) is 18.3. The molecule has 0 aromatic heterocycles. The third-order valence-corrected chi connectivity index (χ3v) is 0.366. The van der Waals surface area contributed by atoms with Crippen molar-refractivity contribution in [2.45, 2.75) is 0 Å². The zero-order valence-electron chi connectivity index (χ0n) is 6.84. The molecule has 9 nitrogen and oxygen atoms in total. The summed E-state index contributed by atoms with van der Waals surface area (Å²) >= 11 is 0. The summed E-state index contributed by atoms with van der Waals surface area (Å²) in [5, 5.41) is 29.6. The third kappa shape index (κ3) is 22.4. The summed E-state index contributed by atoms with van der Waals surface area (Å²) in [6, 6.07) is 0. The van der Waals surface area contributed by atoms with E-state index < -0.39 is 23.9 Å². The second-order valence-corrected chi connectivity index (χ2v) is 1.22. The minimum atomic E-state index is -1.82. The lowest BCUT2D eigenvalue weighted by Crippen LogP contribution is -2.09. The molecule has 0 aromatic carbocycles. The van der Waals surface area contributed by atoms with Gasteiger partial charge in [-0.1, -0.05) is 0 Å². The summed E-state index contributed by atoms with van der Waals surface area (Å²) < 4.78 is 0. The molecule has 0 saturated carbocycles. The lowest BCUT2D eigenvalue weighted by atomic mass is 10.7. The Morgan fingerprint density at radius 2 is 0.643 bits per heavy atom. The summed E-state index contributed by atoms with van der Waals surface area (Å²) in [6.45, 7) is 0. The lowest BCUT2D eigenvalue weighted by Gasteiger charge is -1.72. The zero-order valence-corrected chi connectivity index (χ0v) is 8.25. The highest BCUT2D eigenvalue weighted by Crippen LogP contribution is 1.56. The van der Waals surface area contributed by atoms with Crippen molar-refractivity contribution in [3.8, 4) is 0 Å². The molecule has 0 aliphatic carbocycles. The highest BCUT2D eigenvalue weighted by molar-refractivity contribution is 6.92. The fourth-order valence-electron chi connectivity index (χ4n) is 0. The zero-order chi connectivity index (χ0) is 10.3. The Morgan fingerprint density at radius 1 is 0.571 bits per heavy atom. The lowest BCUT2D eigenvalue weighted by molar-refractivity contribution is -0.159. The van der Waals surface area contributed by atoms with E-state index in [0.717, 1.165) is 0 Å². The molecule has 0 bridgehead atoms. The van der Waals surface area contributed by atoms with Crippen LogP contribution in [0.25, 0.3) is 0 Å². The highest BCUT2D eigenvalue weighted by atomic mass is 31.0. The Labute approximate surface area is 80.5 Å². The minimum Gasteiger partial charge on any atom is -0.473 e. The average molecular weight is 231 g/mol. The van der Waals surface area contributed by atoms with Gasteiger partial charge < -0.3 is 26.6 Å². The van der Waals surface area contributed by atoms with Gasteiger partial charge in [0.05, 0.1) is 0 Å². The fraction of sp³-hybridized carbons (Fsp3) is 0. The van der Waals surface area contributed by atoms with Crippen molar-refractivity contribution >= 4 is 33.8 Å². The van der Waals surface area contributed by atoms with Crippen molar-refractivity contribution in [1.82, 2.24) is 6.15 Å². The van der Waals surface area contributed by atoms with Gasteiger partial charge in [0.15, 0.2) is 0 Å². The highest BCUT2D eigenvalue weighted by Gasteiger charge is 2.04. The van der Waals surface area contributed by atoms with Crippen molar-refractivity contribution in [2.75, 3.05) is 0 Å². The topological polar surface area (TPSA) is 184 Å². The molecule has 0 aromatic rings. The first-order valence-electron chi connectivity index (χ1n) is 2.21.